The Morgan fingerprint density at radius 3 is 2.29 bits per heavy atom. The monoisotopic (exact) mass is 468 g/mol. The van der Waals surface area contributed by atoms with Crippen LogP contribution < -0.4 is 11.1 Å². The molecule has 0 aliphatic rings. The van der Waals surface area contributed by atoms with Gasteiger partial charge in [0.15, 0.2) is 6.10 Å². The minimum absolute atomic E-state index is 0.245. The van der Waals surface area contributed by atoms with E-state index in [1.54, 1.807) is 17.7 Å². The van der Waals surface area contributed by atoms with Crippen LogP contribution in [0.1, 0.15) is 27.3 Å². The van der Waals surface area contributed by atoms with Crippen molar-refractivity contribution in [3.63, 3.8) is 0 Å². The SMILES string of the molecule is Cc1cc(C(=O)N[C@@H](Cc2ccccc2)C(O)C(N)=O)n(-c2ccc(-c3ccccc3C)cc2)n1. The molecule has 0 fully saturated rings. The van der Waals surface area contributed by atoms with E-state index in [0.717, 1.165) is 22.4 Å². The molecule has 0 aliphatic carbocycles. The van der Waals surface area contributed by atoms with E-state index in [-0.39, 0.29) is 6.42 Å². The van der Waals surface area contributed by atoms with Crippen LogP contribution in [0, 0.1) is 13.8 Å². The Hall–Kier alpha value is -4.23. The molecule has 0 saturated carbocycles. The highest BCUT2D eigenvalue weighted by molar-refractivity contribution is 5.94. The third-order valence-corrected chi connectivity index (χ3v) is 5.92. The second-order valence-corrected chi connectivity index (χ2v) is 8.56. The number of rotatable bonds is 8. The summed E-state index contributed by atoms with van der Waals surface area (Å²) in [6.45, 7) is 3.86. The number of nitrogens with one attached hydrogen (secondary N) is 1. The summed E-state index contributed by atoms with van der Waals surface area (Å²) < 4.78 is 1.56. The van der Waals surface area contributed by atoms with Gasteiger partial charge in [0.25, 0.3) is 5.91 Å². The maximum absolute atomic E-state index is 13.3. The number of nitrogens with two attached hydrogens (primary N) is 1. The highest BCUT2D eigenvalue weighted by Crippen LogP contribution is 2.24. The van der Waals surface area contributed by atoms with Gasteiger partial charge in [0.1, 0.15) is 5.69 Å². The first-order valence-electron chi connectivity index (χ1n) is 11.4. The van der Waals surface area contributed by atoms with E-state index in [1.807, 2.05) is 66.7 Å². The Morgan fingerprint density at radius 2 is 1.63 bits per heavy atom. The average Bonchev–Trinajstić information content (AvgIpc) is 3.26. The normalized spacial score (nSPS) is 12.7. The largest absolute Gasteiger partial charge is 0.381 e. The highest BCUT2D eigenvalue weighted by atomic mass is 16.3. The number of carbonyl (C=O) groups is 2. The molecule has 4 N–H and O–H groups in total. The molecule has 7 nitrogen and oxygen atoms in total. The van der Waals surface area contributed by atoms with Gasteiger partial charge in [-0.25, -0.2) is 4.68 Å². The minimum atomic E-state index is -1.54. The second kappa shape index (κ2) is 10.4. The van der Waals surface area contributed by atoms with E-state index >= 15 is 0 Å². The molecule has 1 heterocycles. The van der Waals surface area contributed by atoms with E-state index in [2.05, 4.69) is 29.5 Å². The zero-order valence-corrected chi connectivity index (χ0v) is 19.7. The van der Waals surface area contributed by atoms with Gasteiger partial charge in [0, 0.05) is 0 Å². The maximum Gasteiger partial charge on any atom is 0.270 e. The Labute approximate surface area is 204 Å². The first kappa shape index (κ1) is 23.9. The molecule has 35 heavy (non-hydrogen) atoms. The molecule has 0 aliphatic heterocycles. The van der Waals surface area contributed by atoms with Gasteiger partial charge in [-0.2, -0.15) is 5.10 Å². The van der Waals surface area contributed by atoms with Gasteiger partial charge in [-0.05, 0) is 60.7 Å². The van der Waals surface area contributed by atoms with Crippen molar-refractivity contribution < 1.29 is 14.7 Å². The van der Waals surface area contributed by atoms with Crippen LogP contribution in [0.5, 0.6) is 0 Å². The molecule has 4 aromatic rings. The fourth-order valence-electron chi connectivity index (χ4n) is 4.09. The van der Waals surface area contributed by atoms with Crippen LogP contribution in [-0.2, 0) is 11.2 Å². The number of amides is 2. The van der Waals surface area contributed by atoms with Gasteiger partial charge in [-0.15, -0.1) is 0 Å². The van der Waals surface area contributed by atoms with E-state index in [9.17, 15) is 14.7 Å². The number of aliphatic hydroxyl groups excluding tert-OH is 1. The summed E-state index contributed by atoms with van der Waals surface area (Å²) in [5.41, 5.74) is 11.2. The Bertz CT molecular complexity index is 1330. The number of aliphatic hydroxyl groups is 1. The molecule has 1 unspecified atom stereocenters. The predicted octanol–water partition coefficient (Wildman–Crippen LogP) is 3.34. The van der Waals surface area contributed by atoms with Gasteiger partial charge in [-0.1, -0.05) is 66.7 Å². The quantitative estimate of drug-likeness (QED) is 0.368. The fourth-order valence-corrected chi connectivity index (χ4v) is 4.09. The molecule has 0 radical (unpaired) electrons. The molecule has 4 rings (SSSR count). The molecule has 0 saturated heterocycles. The molecule has 2 amide bonds. The van der Waals surface area contributed by atoms with Gasteiger partial charge in [0.2, 0.25) is 5.91 Å². The minimum Gasteiger partial charge on any atom is -0.381 e. The van der Waals surface area contributed by atoms with E-state index in [0.29, 0.717) is 11.4 Å². The van der Waals surface area contributed by atoms with Gasteiger partial charge < -0.3 is 16.2 Å². The van der Waals surface area contributed by atoms with Crippen molar-refractivity contribution in [1.29, 1.82) is 0 Å². The number of aromatic nitrogens is 2. The zero-order chi connectivity index (χ0) is 24.9. The van der Waals surface area contributed by atoms with Crippen molar-refractivity contribution in [2.45, 2.75) is 32.4 Å². The lowest BCUT2D eigenvalue weighted by atomic mass is 10.0. The van der Waals surface area contributed by atoms with Gasteiger partial charge >= 0.3 is 0 Å². The molecule has 0 spiro atoms. The third-order valence-electron chi connectivity index (χ3n) is 5.92. The summed E-state index contributed by atoms with van der Waals surface area (Å²) in [5.74, 6) is -1.36. The van der Waals surface area contributed by atoms with Crippen molar-refractivity contribution in [2.75, 3.05) is 0 Å². The third kappa shape index (κ3) is 5.47. The Kier molecular flexibility index (Phi) is 7.08. The van der Waals surface area contributed by atoms with E-state index in [1.165, 1.54) is 5.56 Å². The zero-order valence-electron chi connectivity index (χ0n) is 19.7. The topological polar surface area (TPSA) is 110 Å². The van der Waals surface area contributed by atoms with Gasteiger partial charge in [0.05, 0.1) is 17.4 Å². The van der Waals surface area contributed by atoms with Crippen LogP contribution in [-0.4, -0.2) is 38.8 Å². The molecule has 2 atom stereocenters. The van der Waals surface area contributed by atoms with E-state index < -0.39 is 24.0 Å². The number of aryl methyl sites for hydroxylation is 2. The van der Waals surface area contributed by atoms with Crippen molar-refractivity contribution in [3.8, 4) is 16.8 Å². The number of benzene rings is 3. The van der Waals surface area contributed by atoms with Crippen LogP contribution >= 0.6 is 0 Å². The van der Waals surface area contributed by atoms with Crippen LogP contribution in [0.2, 0.25) is 0 Å². The summed E-state index contributed by atoms with van der Waals surface area (Å²) in [7, 11) is 0. The number of hydrogen-bond donors (Lipinski definition) is 3. The molecular formula is C28H28N4O3. The molecule has 3 aromatic carbocycles. The number of hydrogen-bond acceptors (Lipinski definition) is 4. The van der Waals surface area contributed by atoms with Crippen molar-refractivity contribution in [1.82, 2.24) is 15.1 Å². The Balaban J connectivity index is 1.60. The first-order valence-corrected chi connectivity index (χ1v) is 11.4. The van der Waals surface area contributed by atoms with Crippen molar-refractivity contribution >= 4 is 11.8 Å². The standard InChI is InChI=1S/C28H28N4O3/c1-18-8-6-7-11-23(18)21-12-14-22(15-13-21)32-25(16-19(2)31-32)28(35)30-24(26(33)27(29)34)17-20-9-4-3-5-10-20/h3-16,24,26,33H,17H2,1-2H3,(H2,29,34)(H,30,35)/t24-,26?/m0/s1. The van der Waals surface area contributed by atoms with Gasteiger partial charge in [-0.3, -0.25) is 9.59 Å². The average molecular weight is 469 g/mol. The van der Waals surface area contributed by atoms with E-state index in [4.69, 9.17) is 5.73 Å². The highest BCUT2D eigenvalue weighted by Gasteiger charge is 2.28. The molecule has 178 valence electrons. The first-order chi connectivity index (χ1) is 16.8. The molecular weight excluding hydrogens is 440 g/mol. The lowest BCUT2D eigenvalue weighted by Gasteiger charge is -2.22. The second-order valence-electron chi connectivity index (χ2n) is 8.56. The van der Waals surface area contributed by atoms with Crippen molar-refractivity contribution in [3.05, 3.63) is 107 Å². The van der Waals surface area contributed by atoms with Crippen LogP contribution in [0.4, 0.5) is 0 Å². The van der Waals surface area contributed by atoms with Crippen LogP contribution in [0.15, 0.2) is 84.9 Å². The maximum atomic E-state index is 13.3. The van der Waals surface area contributed by atoms with Crippen LogP contribution in [0.3, 0.4) is 0 Å². The lowest BCUT2D eigenvalue weighted by molar-refractivity contribution is -0.127. The van der Waals surface area contributed by atoms with Crippen molar-refractivity contribution in [2.24, 2.45) is 5.73 Å². The number of nitrogens with zero attached hydrogens (tertiary/aromatic N) is 2. The summed E-state index contributed by atoms with van der Waals surface area (Å²) in [6, 6.07) is 26.0. The summed E-state index contributed by atoms with van der Waals surface area (Å²) in [5, 5.41) is 17.7. The number of primary amides is 1. The molecule has 0 bridgehead atoms. The number of carbonyl (C=O) groups excluding carboxylic acids is 2. The molecule has 1 aromatic heterocycles. The lowest BCUT2D eigenvalue weighted by Crippen LogP contribution is -2.50. The summed E-state index contributed by atoms with van der Waals surface area (Å²) >= 11 is 0. The fraction of sp³-hybridized carbons (Fsp3) is 0.179. The van der Waals surface area contributed by atoms with Crippen LogP contribution in [0.25, 0.3) is 16.8 Å². The summed E-state index contributed by atoms with van der Waals surface area (Å²) in [4.78, 5) is 25.0. The smallest absolute Gasteiger partial charge is 0.270 e. The molecule has 7 heteroatoms. The predicted molar refractivity (Wildman–Crippen MR) is 135 cm³/mol. The Morgan fingerprint density at radius 1 is 0.971 bits per heavy atom. The summed E-state index contributed by atoms with van der Waals surface area (Å²) in [6.07, 6.45) is -1.29.